The number of benzene rings is 7. The maximum Gasteiger partial charge on any atom is 0.0541 e. The van der Waals surface area contributed by atoms with Crippen molar-refractivity contribution in [1.82, 2.24) is 4.57 Å². The van der Waals surface area contributed by atoms with E-state index in [0.717, 1.165) is 28.3 Å². The number of anilines is 3. The van der Waals surface area contributed by atoms with E-state index in [1.807, 2.05) is 6.08 Å². The van der Waals surface area contributed by atoms with Crippen LogP contribution in [0.5, 0.6) is 0 Å². The zero-order chi connectivity index (χ0) is 31.7. The number of hydrogen-bond acceptors (Lipinski definition) is 1. The first-order chi connectivity index (χ1) is 23.2. The van der Waals surface area contributed by atoms with Gasteiger partial charge in [0, 0.05) is 33.5 Å². The van der Waals surface area contributed by atoms with Crippen LogP contribution in [0.25, 0.3) is 55.8 Å². The first kappa shape index (κ1) is 28.4. The summed E-state index contributed by atoms with van der Waals surface area (Å²) in [4.78, 5) is 2.32. The fraction of sp³-hybridized carbons (Fsp3) is 0.0222. The lowest BCUT2D eigenvalue weighted by Crippen LogP contribution is -2.10. The molecule has 0 aliphatic rings. The van der Waals surface area contributed by atoms with Crippen LogP contribution in [0.1, 0.15) is 11.1 Å². The van der Waals surface area contributed by atoms with E-state index in [2.05, 4.69) is 193 Å². The minimum absolute atomic E-state index is 1.10. The van der Waals surface area contributed by atoms with Gasteiger partial charge in [0.25, 0.3) is 0 Å². The van der Waals surface area contributed by atoms with E-state index in [0.29, 0.717) is 0 Å². The fourth-order valence-electron chi connectivity index (χ4n) is 6.67. The lowest BCUT2D eigenvalue weighted by atomic mass is 10.0. The van der Waals surface area contributed by atoms with Crippen LogP contribution in [0, 0.1) is 6.92 Å². The van der Waals surface area contributed by atoms with Gasteiger partial charge in [0.05, 0.1) is 11.0 Å². The van der Waals surface area contributed by atoms with E-state index >= 15 is 0 Å². The van der Waals surface area contributed by atoms with Crippen LogP contribution in [-0.4, -0.2) is 4.57 Å². The predicted molar refractivity (Wildman–Crippen MR) is 201 cm³/mol. The lowest BCUT2D eigenvalue weighted by molar-refractivity contribution is 1.18. The molecular formula is C45H34N2. The van der Waals surface area contributed by atoms with Crippen molar-refractivity contribution in [1.29, 1.82) is 0 Å². The van der Waals surface area contributed by atoms with Crippen molar-refractivity contribution in [2.45, 2.75) is 6.92 Å². The van der Waals surface area contributed by atoms with Crippen molar-refractivity contribution in [3.05, 3.63) is 188 Å². The molecule has 0 saturated heterocycles. The molecule has 0 radical (unpaired) electrons. The zero-order valence-electron chi connectivity index (χ0n) is 26.3. The Bertz CT molecular complexity index is 2290. The van der Waals surface area contributed by atoms with E-state index in [1.165, 1.54) is 49.6 Å². The predicted octanol–water partition coefficient (Wildman–Crippen LogP) is 12.5. The van der Waals surface area contributed by atoms with Crippen LogP contribution >= 0.6 is 0 Å². The van der Waals surface area contributed by atoms with E-state index in [9.17, 15) is 0 Å². The van der Waals surface area contributed by atoms with Gasteiger partial charge in [0.2, 0.25) is 0 Å². The summed E-state index contributed by atoms with van der Waals surface area (Å²) in [6.45, 7) is 6.19. The van der Waals surface area contributed by atoms with Gasteiger partial charge in [-0.05, 0) is 101 Å². The van der Waals surface area contributed by atoms with Gasteiger partial charge in [-0.25, -0.2) is 0 Å². The molecule has 8 aromatic rings. The lowest BCUT2D eigenvalue weighted by Gasteiger charge is -2.26. The van der Waals surface area contributed by atoms with E-state index in [1.54, 1.807) is 0 Å². The van der Waals surface area contributed by atoms with E-state index in [4.69, 9.17) is 0 Å². The van der Waals surface area contributed by atoms with Crippen molar-refractivity contribution in [3.8, 4) is 27.9 Å². The second-order valence-electron chi connectivity index (χ2n) is 12.0. The molecule has 1 heterocycles. The minimum atomic E-state index is 1.10. The van der Waals surface area contributed by atoms with Crippen molar-refractivity contribution < 1.29 is 0 Å². The summed E-state index contributed by atoms with van der Waals surface area (Å²) < 4.78 is 2.36. The Morgan fingerprint density at radius 1 is 0.468 bits per heavy atom. The molecule has 47 heavy (non-hydrogen) atoms. The maximum atomic E-state index is 4.06. The fourth-order valence-corrected chi connectivity index (χ4v) is 6.67. The van der Waals surface area contributed by atoms with Gasteiger partial charge in [0.1, 0.15) is 0 Å². The Labute approximate surface area is 276 Å². The quantitative estimate of drug-likeness (QED) is 0.176. The van der Waals surface area contributed by atoms with E-state index in [-0.39, 0.29) is 0 Å². The van der Waals surface area contributed by atoms with E-state index < -0.39 is 0 Å². The SMILES string of the molecule is C=Cc1cc(N(c2ccc(-c3ccccc3)cc2)c2ccc(-c3ccc(-n4c5ccccc5c5ccccc54)cc3)cc2)ccc1C. The van der Waals surface area contributed by atoms with Gasteiger partial charge in [-0.3, -0.25) is 0 Å². The molecule has 0 fully saturated rings. The monoisotopic (exact) mass is 602 g/mol. The topological polar surface area (TPSA) is 8.17 Å². The molecule has 1 aromatic heterocycles. The Morgan fingerprint density at radius 3 is 1.45 bits per heavy atom. The second kappa shape index (κ2) is 12.0. The Balaban J connectivity index is 1.14. The van der Waals surface area contributed by atoms with Gasteiger partial charge in [0.15, 0.2) is 0 Å². The number of nitrogens with zero attached hydrogens (tertiary/aromatic N) is 2. The van der Waals surface area contributed by atoms with Crippen LogP contribution in [0.2, 0.25) is 0 Å². The third-order valence-electron chi connectivity index (χ3n) is 9.14. The molecular weight excluding hydrogens is 569 g/mol. The summed E-state index contributed by atoms with van der Waals surface area (Å²) in [5.41, 5.74) is 14.0. The number of rotatable bonds is 7. The standard InChI is InChI=1S/C45H34N2/c1-3-33-31-41(24-17-32(33)2)46(38-25-18-35(19-26-38)34-11-5-4-6-12-34)39-27-20-36(21-28-39)37-22-29-40(30-23-37)47-44-15-9-7-13-42(44)43-14-8-10-16-45(43)47/h3-31H,1H2,2H3. The molecule has 0 N–H and O–H groups in total. The van der Waals surface area contributed by atoms with Gasteiger partial charge < -0.3 is 9.47 Å². The third-order valence-corrected chi connectivity index (χ3v) is 9.14. The number of fused-ring (bicyclic) bond motifs is 3. The van der Waals surface area contributed by atoms with Crippen LogP contribution in [0.4, 0.5) is 17.1 Å². The summed E-state index contributed by atoms with van der Waals surface area (Å²) in [7, 11) is 0. The molecule has 0 atom stereocenters. The highest BCUT2D eigenvalue weighted by Gasteiger charge is 2.15. The molecule has 0 aliphatic heterocycles. The number of aromatic nitrogens is 1. The first-order valence-corrected chi connectivity index (χ1v) is 16.1. The highest BCUT2D eigenvalue weighted by Crippen LogP contribution is 2.38. The normalized spacial score (nSPS) is 11.2. The number of hydrogen-bond donors (Lipinski definition) is 0. The molecule has 7 aromatic carbocycles. The highest BCUT2D eigenvalue weighted by atomic mass is 15.1. The number of aryl methyl sites for hydroxylation is 1. The molecule has 0 unspecified atom stereocenters. The van der Waals surface area contributed by atoms with Gasteiger partial charge in [-0.15, -0.1) is 0 Å². The summed E-state index contributed by atoms with van der Waals surface area (Å²) >= 11 is 0. The smallest absolute Gasteiger partial charge is 0.0541 e. The molecule has 0 aliphatic carbocycles. The van der Waals surface area contributed by atoms with Crippen molar-refractivity contribution >= 4 is 44.9 Å². The average molecular weight is 603 g/mol. The van der Waals surface area contributed by atoms with Gasteiger partial charge in [-0.1, -0.05) is 122 Å². The first-order valence-electron chi connectivity index (χ1n) is 16.1. The van der Waals surface area contributed by atoms with Crippen LogP contribution in [-0.2, 0) is 0 Å². The summed E-state index contributed by atoms with van der Waals surface area (Å²) in [5.74, 6) is 0. The second-order valence-corrected chi connectivity index (χ2v) is 12.0. The van der Waals surface area contributed by atoms with Crippen molar-refractivity contribution in [2.75, 3.05) is 4.90 Å². The Hall–Kier alpha value is -6.12. The van der Waals surface area contributed by atoms with Crippen molar-refractivity contribution in [3.63, 3.8) is 0 Å². The molecule has 0 bridgehead atoms. The molecule has 0 saturated carbocycles. The van der Waals surface area contributed by atoms with Gasteiger partial charge in [-0.2, -0.15) is 0 Å². The van der Waals surface area contributed by atoms with Crippen LogP contribution in [0.15, 0.2) is 176 Å². The van der Waals surface area contributed by atoms with Crippen LogP contribution < -0.4 is 4.90 Å². The largest absolute Gasteiger partial charge is 0.310 e. The van der Waals surface area contributed by atoms with Crippen molar-refractivity contribution in [2.24, 2.45) is 0 Å². The molecule has 2 heteroatoms. The van der Waals surface area contributed by atoms with Crippen LogP contribution in [0.3, 0.4) is 0 Å². The Morgan fingerprint density at radius 2 is 0.915 bits per heavy atom. The molecule has 2 nitrogen and oxygen atoms in total. The molecule has 8 rings (SSSR count). The maximum absolute atomic E-state index is 4.06. The number of para-hydroxylation sites is 2. The summed E-state index contributed by atoms with van der Waals surface area (Å²) in [6, 6.07) is 61.0. The summed E-state index contributed by atoms with van der Waals surface area (Å²) in [5, 5.41) is 2.55. The Kier molecular flexibility index (Phi) is 7.24. The highest BCUT2D eigenvalue weighted by molar-refractivity contribution is 6.09. The minimum Gasteiger partial charge on any atom is -0.310 e. The average Bonchev–Trinajstić information content (AvgIpc) is 3.48. The van der Waals surface area contributed by atoms with Gasteiger partial charge >= 0.3 is 0 Å². The third kappa shape index (κ3) is 5.20. The zero-order valence-corrected chi connectivity index (χ0v) is 26.3. The molecule has 224 valence electrons. The molecule has 0 amide bonds. The summed E-state index contributed by atoms with van der Waals surface area (Å²) in [6.07, 6.45) is 1.93. The molecule has 0 spiro atoms.